The van der Waals surface area contributed by atoms with Crippen LogP contribution in [0.15, 0.2) is 47.4 Å². The molecule has 6 heteroatoms. The van der Waals surface area contributed by atoms with Gasteiger partial charge in [0.15, 0.2) is 0 Å². The number of benzene rings is 2. The number of aryl methyl sites for hydroxylation is 2. The Labute approximate surface area is 161 Å². The van der Waals surface area contributed by atoms with Crippen molar-refractivity contribution in [3.63, 3.8) is 0 Å². The Balaban J connectivity index is 1.67. The first-order valence-electron chi connectivity index (χ1n) is 9.32. The number of carbonyl (C=O) groups excluding carboxylic acids is 1. The molecule has 2 aromatic rings. The first-order chi connectivity index (χ1) is 12.8. The smallest absolute Gasteiger partial charge is 0.262 e. The molecule has 1 saturated heterocycles. The van der Waals surface area contributed by atoms with Crippen molar-refractivity contribution in [2.45, 2.75) is 44.4 Å². The van der Waals surface area contributed by atoms with Gasteiger partial charge in [-0.2, -0.15) is 0 Å². The number of rotatable bonds is 5. The Kier molecular flexibility index (Phi) is 5.85. The van der Waals surface area contributed by atoms with Crippen LogP contribution < -0.4 is 4.72 Å². The highest BCUT2D eigenvalue weighted by molar-refractivity contribution is 7.92. The van der Waals surface area contributed by atoms with Gasteiger partial charge < -0.3 is 4.90 Å². The highest BCUT2D eigenvalue weighted by Crippen LogP contribution is 2.21. The van der Waals surface area contributed by atoms with Gasteiger partial charge in [-0.25, -0.2) is 8.42 Å². The van der Waals surface area contributed by atoms with E-state index in [0.29, 0.717) is 17.7 Å². The third-order valence-corrected chi connectivity index (χ3v) is 6.43. The van der Waals surface area contributed by atoms with Crippen LogP contribution in [0.5, 0.6) is 0 Å². The number of likely N-dealkylation sites (tertiary alicyclic amines) is 1. The van der Waals surface area contributed by atoms with Gasteiger partial charge in [0.1, 0.15) is 0 Å². The molecule has 0 spiro atoms. The van der Waals surface area contributed by atoms with Crippen LogP contribution >= 0.6 is 0 Å². The van der Waals surface area contributed by atoms with Gasteiger partial charge in [-0.1, -0.05) is 29.8 Å². The van der Waals surface area contributed by atoms with Gasteiger partial charge in [-0.3, -0.25) is 9.52 Å². The zero-order chi connectivity index (χ0) is 19.4. The number of sulfonamides is 1. The summed E-state index contributed by atoms with van der Waals surface area (Å²) < 4.78 is 27.9. The minimum absolute atomic E-state index is 0.137. The Morgan fingerprint density at radius 1 is 1.00 bits per heavy atom. The summed E-state index contributed by atoms with van der Waals surface area (Å²) in [6, 6.07) is 12.3. The molecule has 5 nitrogen and oxygen atoms in total. The minimum atomic E-state index is -3.64. The summed E-state index contributed by atoms with van der Waals surface area (Å²) in [5, 5.41) is 0. The van der Waals surface area contributed by atoms with Crippen molar-refractivity contribution in [3.8, 4) is 0 Å². The summed E-state index contributed by atoms with van der Waals surface area (Å²) in [5.74, 6) is 0.137. The summed E-state index contributed by atoms with van der Waals surface area (Å²) in [6.45, 7) is 5.40. The number of carbonyl (C=O) groups is 1. The Morgan fingerprint density at radius 3 is 2.30 bits per heavy atom. The van der Waals surface area contributed by atoms with E-state index in [1.165, 1.54) is 6.42 Å². The van der Waals surface area contributed by atoms with Gasteiger partial charge in [-0.15, -0.1) is 0 Å². The predicted molar refractivity (Wildman–Crippen MR) is 107 cm³/mol. The first kappa shape index (κ1) is 19.4. The number of hydrogen-bond acceptors (Lipinski definition) is 3. The lowest BCUT2D eigenvalue weighted by Crippen LogP contribution is -2.36. The molecular formula is C21H26N2O3S. The molecule has 3 rings (SSSR count). The highest BCUT2D eigenvalue weighted by atomic mass is 32.2. The third-order valence-electron chi connectivity index (χ3n) is 4.89. The zero-order valence-corrected chi connectivity index (χ0v) is 16.7. The maximum absolute atomic E-state index is 12.6. The number of anilines is 1. The summed E-state index contributed by atoms with van der Waals surface area (Å²) in [4.78, 5) is 14.5. The molecule has 0 radical (unpaired) electrons. The molecule has 27 heavy (non-hydrogen) atoms. The van der Waals surface area contributed by atoms with E-state index in [0.717, 1.165) is 37.1 Å². The van der Waals surface area contributed by atoms with Crippen LogP contribution in [0.1, 0.15) is 36.0 Å². The second-order valence-corrected chi connectivity index (χ2v) is 8.84. The minimum Gasteiger partial charge on any atom is -0.342 e. The number of nitrogens with one attached hydrogen (secondary N) is 1. The van der Waals surface area contributed by atoms with Gasteiger partial charge >= 0.3 is 0 Å². The lowest BCUT2D eigenvalue weighted by molar-refractivity contribution is -0.131. The van der Waals surface area contributed by atoms with Crippen molar-refractivity contribution in [2.75, 3.05) is 17.8 Å². The molecule has 2 aromatic carbocycles. The van der Waals surface area contributed by atoms with E-state index in [1.54, 1.807) is 31.2 Å². The fourth-order valence-electron chi connectivity index (χ4n) is 3.43. The molecule has 1 heterocycles. The largest absolute Gasteiger partial charge is 0.342 e. The standard InChI is InChI=1S/C21H26N2O3S/c1-16-6-11-20(17(2)14-16)27(25,26)22-19-9-7-18(8-10-19)15-21(24)23-12-4-3-5-13-23/h6-11,14,22H,3-5,12-13,15H2,1-2H3. The second kappa shape index (κ2) is 8.13. The molecular weight excluding hydrogens is 360 g/mol. The van der Waals surface area contributed by atoms with Crippen LogP contribution in [0, 0.1) is 13.8 Å². The van der Waals surface area contributed by atoms with Crippen molar-refractivity contribution in [2.24, 2.45) is 0 Å². The Hall–Kier alpha value is -2.34. The van der Waals surface area contributed by atoms with E-state index in [1.807, 2.05) is 30.0 Å². The van der Waals surface area contributed by atoms with E-state index >= 15 is 0 Å². The van der Waals surface area contributed by atoms with Gasteiger partial charge in [0.2, 0.25) is 5.91 Å². The van der Waals surface area contributed by atoms with Crippen molar-refractivity contribution < 1.29 is 13.2 Å². The molecule has 144 valence electrons. The van der Waals surface area contributed by atoms with Gasteiger partial charge in [0, 0.05) is 18.8 Å². The number of hydrogen-bond donors (Lipinski definition) is 1. The zero-order valence-electron chi connectivity index (χ0n) is 15.9. The molecule has 0 aliphatic carbocycles. The van der Waals surface area contributed by atoms with Crippen molar-refractivity contribution in [1.82, 2.24) is 4.90 Å². The lowest BCUT2D eigenvalue weighted by Gasteiger charge is -2.26. The topological polar surface area (TPSA) is 66.5 Å². The number of nitrogens with zero attached hydrogens (tertiary/aromatic N) is 1. The Bertz CT molecular complexity index is 915. The van der Waals surface area contributed by atoms with Crippen LogP contribution in [0.3, 0.4) is 0 Å². The maximum atomic E-state index is 12.6. The van der Waals surface area contributed by atoms with Crippen LogP contribution in [0.25, 0.3) is 0 Å². The monoisotopic (exact) mass is 386 g/mol. The summed E-state index contributed by atoms with van der Waals surface area (Å²) in [7, 11) is -3.64. The molecule has 0 aromatic heterocycles. The average molecular weight is 387 g/mol. The van der Waals surface area contributed by atoms with E-state index in [-0.39, 0.29) is 10.8 Å². The van der Waals surface area contributed by atoms with Crippen LogP contribution in [-0.4, -0.2) is 32.3 Å². The molecule has 1 N–H and O–H groups in total. The fourth-order valence-corrected chi connectivity index (χ4v) is 4.72. The van der Waals surface area contributed by atoms with Crippen LogP contribution in [0.2, 0.25) is 0 Å². The normalized spacial score (nSPS) is 14.8. The van der Waals surface area contributed by atoms with Gasteiger partial charge in [0.05, 0.1) is 11.3 Å². The molecule has 0 saturated carbocycles. The van der Waals surface area contributed by atoms with Crippen LogP contribution in [-0.2, 0) is 21.2 Å². The highest BCUT2D eigenvalue weighted by Gasteiger charge is 2.18. The molecule has 0 bridgehead atoms. The maximum Gasteiger partial charge on any atom is 0.262 e. The van der Waals surface area contributed by atoms with E-state index in [2.05, 4.69) is 4.72 Å². The van der Waals surface area contributed by atoms with Crippen molar-refractivity contribution >= 4 is 21.6 Å². The van der Waals surface area contributed by atoms with Crippen LogP contribution in [0.4, 0.5) is 5.69 Å². The summed E-state index contributed by atoms with van der Waals surface area (Å²) in [5.41, 5.74) is 3.12. The van der Waals surface area contributed by atoms with E-state index in [9.17, 15) is 13.2 Å². The fraction of sp³-hybridized carbons (Fsp3) is 0.381. The molecule has 1 amide bonds. The van der Waals surface area contributed by atoms with Gasteiger partial charge in [-0.05, 0) is 62.4 Å². The Morgan fingerprint density at radius 2 is 1.67 bits per heavy atom. The molecule has 1 fully saturated rings. The summed E-state index contributed by atoms with van der Waals surface area (Å²) >= 11 is 0. The first-order valence-corrected chi connectivity index (χ1v) is 10.8. The second-order valence-electron chi connectivity index (χ2n) is 7.19. The SMILES string of the molecule is Cc1ccc(S(=O)(=O)Nc2ccc(CC(=O)N3CCCCC3)cc2)c(C)c1. The van der Waals surface area contributed by atoms with E-state index in [4.69, 9.17) is 0 Å². The van der Waals surface area contributed by atoms with Crippen molar-refractivity contribution in [1.29, 1.82) is 0 Å². The average Bonchev–Trinajstić information content (AvgIpc) is 2.63. The van der Waals surface area contributed by atoms with E-state index < -0.39 is 10.0 Å². The van der Waals surface area contributed by atoms with Crippen molar-refractivity contribution in [3.05, 3.63) is 59.2 Å². The summed E-state index contributed by atoms with van der Waals surface area (Å²) in [6.07, 6.45) is 3.69. The lowest BCUT2D eigenvalue weighted by atomic mass is 10.1. The van der Waals surface area contributed by atoms with Gasteiger partial charge in [0.25, 0.3) is 10.0 Å². The number of piperidine rings is 1. The number of amides is 1. The third kappa shape index (κ3) is 4.89. The molecule has 1 aliphatic rings. The molecule has 0 atom stereocenters. The predicted octanol–water partition coefficient (Wildman–Crippen LogP) is 3.66. The quantitative estimate of drug-likeness (QED) is 0.853. The molecule has 1 aliphatic heterocycles. The molecule has 0 unspecified atom stereocenters.